The third kappa shape index (κ3) is 7.02. The van der Waals surface area contributed by atoms with Crippen molar-refractivity contribution in [2.75, 3.05) is 20.2 Å². The van der Waals surface area contributed by atoms with E-state index in [9.17, 15) is 4.79 Å². The molecule has 136 valence electrons. The predicted molar refractivity (Wildman–Crippen MR) is 93.9 cm³/mol. The standard InChI is InChI=1S/C17H30N4O3/c1-5-13(6-2)15-11-14(24-21-15)12-20-17(18-4)19-10-8-9-16(22)23-7-3/h11,13H,5-10,12H2,1-4H3,(H2,18,19,20). The highest BCUT2D eigenvalue weighted by atomic mass is 16.5. The second-order valence-electron chi connectivity index (χ2n) is 5.49. The second-order valence-corrected chi connectivity index (χ2v) is 5.49. The zero-order valence-electron chi connectivity index (χ0n) is 15.2. The molecule has 2 N–H and O–H groups in total. The molecule has 1 rings (SSSR count). The Hall–Kier alpha value is -2.05. The molecule has 0 aromatic carbocycles. The maximum absolute atomic E-state index is 11.3. The molecular formula is C17H30N4O3. The molecule has 1 aromatic heterocycles. The summed E-state index contributed by atoms with van der Waals surface area (Å²) < 4.78 is 10.3. The van der Waals surface area contributed by atoms with Crippen LogP contribution >= 0.6 is 0 Å². The van der Waals surface area contributed by atoms with Gasteiger partial charge in [-0.1, -0.05) is 19.0 Å². The van der Waals surface area contributed by atoms with Gasteiger partial charge in [0.15, 0.2) is 11.7 Å². The van der Waals surface area contributed by atoms with E-state index in [0.717, 1.165) is 24.3 Å². The van der Waals surface area contributed by atoms with Crippen molar-refractivity contribution >= 4 is 11.9 Å². The van der Waals surface area contributed by atoms with Crippen molar-refractivity contribution in [2.45, 2.75) is 58.9 Å². The van der Waals surface area contributed by atoms with Crippen molar-refractivity contribution in [3.63, 3.8) is 0 Å². The molecule has 0 fully saturated rings. The molecule has 0 bridgehead atoms. The van der Waals surface area contributed by atoms with Gasteiger partial charge in [-0.05, 0) is 26.2 Å². The van der Waals surface area contributed by atoms with Crippen LogP contribution in [-0.2, 0) is 16.1 Å². The number of aliphatic imine (C=N–C) groups is 1. The molecule has 7 nitrogen and oxygen atoms in total. The molecule has 0 amide bonds. The molecule has 0 aliphatic rings. The summed E-state index contributed by atoms with van der Waals surface area (Å²) in [5, 5.41) is 10.5. The number of guanidine groups is 1. The Morgan fingerprint density at radius 1 is 1.33 bits per heavy atom. The molecule has 24 heavy (non-hydrogen) atoms. The van der Waals surface area contributed by atoms with Crippen LogP contribution in [0.4, 0.5) is 0 Å². The van der Waals surface area contributed by atoms with E-state index in [-0.39, 0.29) is 5.97 Å². The van der Waals surface area contributed by atoms with Crippen molar-refractivity contribution < 1.29 is 14.1 Å². The minimum atomic E-state index is -0.169. The highest BCUT2D eigenvalue weighted by Crippen LogP contribution is 2.22. The van der Waals surface area contributed by atoms with E-state index >= 15 is 0 Å². The fourth-order valence-corrected chi connectivity index (χ4v) is 2.38. The first-order valence-electron chi connectivity index (χ1n) is 8.70. The smallest absolute Gasteiger partial charge is 0.305 e. The number of rotatable bonds is 10. The molecule has 1 heterocycles. The molecular weight excluding hydrogens is 308 g/mol. The zero-order chi connectivity index (χ0) is 17.8. The second kappa shape index (κ2) is 11.5. The van der Waals surface area contributed by atoms with E-state index < -0.39 is 0 Å². The number of hydrogen-bond donors (Lipinski definition) is 2. The fraction of sp³-hybridized carbons (Fsp3) is 0.706. The van der Waals surface area contributed by atoms with Gasteiger partial charge in [0.2, 0.25) is 0 Å². The lowest BCUT2D eigenvalue weighted by molar-refractivity contribution is -0.143. The lowest BCUT2D eigenvalue weighted by Gasteiger charge is -2.10. The molecule has 0 saturated heterocycles. The molecule has 0 saturated carbocycles. The number of nitrogens with one attached hydrogen (secondary N) is 2. The average Bonchev–Trinajstić information content (AvgIpc) is 3.04. The monoisotopic (exact) mass is 338 g/mol. The Morgan fingerprint density at radius 2 is 2.08 bits per heavy atom. The van der Waals surface area contributed by atoms with E-state index in [1.165, 1.54) is 0 Å². The molecule has 0 atom stereocenters. The third-order valence-electron chi connectivity index (χ3n) is 3.79. The quantitative estimate of drug-likeness (QED) is 0.295. The van der Waals surface area contributed by atoms with Gasteiger partial charge in [0, 0.05) is 32.0 Å². The first-order valence-corrected chi connectivity index (χ1v) is 8.70. The SMILES string of the molecule is CCOC(=O)CCCNC(=NC)NCc1cc(C(CC)CC)no1. The van der Waals surface area contributed by atoms with Crippen molar-refractivity contribution in [1.82, 2.24) is 15.8 Å². The Morgan fingerprint density at radius 3 is 2.71 bits per heavy atom. The highest BCUT2D eigenvalue weighted by molar-refractivity contribution is 5.79. The first kappa shape index (κ1) is 20.0. The minimum Gasteiger partial charge on any atom is -0.466 e. The van der Waals surface area contributed by atoms with E-state index in [4.69, 9.17) is 9.26 Å². The fourth-order valence-electron chi connectivity index (χ4n) is 2.38. The Labute approximate surface area is 144 Å². The van der Waals surface area contributed by atoms with Crippen LogP contribution in [0, 0.1) is 0 Å². The molecule has 0 radical (unpaired) electrons. The molecule has 0 aliphatic heterocycles. The lowest BCUT2D eigenvalue weighted by atomic mass is 9.99. The van der Waals surface area contributed by atoms with Crippen LogP contribution in [0.1, 0.15) is 63.8 Å². The van der Waals surface area contributed by atoms with Gasteiger partial charge in [0.25, 0.3) is 0 Å². The number of hydrogen-bond acceptors (Lipinski definition) is 5. The van der Waals surface area contributed by atoms with Gasteiger partial charge in [-0.25, -0.2) is 0 Å². The summed E-state index contributed by atoms with van der Waals surface area (Å²) in [5.74, 6) is 1.73. The zero-order valence-corrected chi connectivity index (χ0v) is 15.2. The minimum absolute atomic E-state index is 0.169. The van der Waals surface area contributed by atoms with Crippen molar-refractivity contribution in [3.8, 4) is 0 Å². The van der Waals surface area contributed by atoms with Crippen LogP contribution in [0.3, 0.4) is 0 Å². The van der Waals surface area contributed by atoms with Crippen LogP contribution in [-0.4, -0.2) is 37.3 Å². The van der Waals surface area contributed by atoms with Gasteiger partial charge in [0.05, 0.1) is 18.8 Å². The normalized spacial score (nSPS) is 11.6. The molecule has 0 spiro atoms. The summed E-state index contributed by atoms with van der Waals surface area (Å²) in [6.45, 7) is 7.70. The number of aromatic nitrogens is 1. The van der Waals surface area contributed by atoms with Gasteiger partial charge in [-0.3, -0.25) is 9.79 Å². The van der Waals surface area contributed by atoms with Crippen molar-refractivity contribution in [2.24, 2.45) is 4.99 Å². The lowest BCUT2D eigenvalue weighted by Crippen LogP contribution is -2.37. The van der Waals surface area contributed by atoms with E-state index in [1.807, 2.05) is 6.07 Å². The molecule has 0 unspecified atom stereocenters. The van der Waals surface area contributed by atoms with Gasteiger partial charge in [0.1, 0.15) is 0 Å². The third-order valence-corrected chi connectivity index (χ3v) is 3.79. The summed E-state index contributed by atoms with van der Waals surface area (Å²) in [7, 11) is 1.71. The first-order chi connectivity index (χ1) is 11.6. The summed E-state index contributed by atoms with van der Waals surface area (Å²) >= 11 is 0. The van der Waals surface area contributed by atoms with Crippen LogP contribution < -0.4 is 10.6 Å². The van der Waals surface area contributed by atoms with Gasteiger partial charge < -0.3 is 19.9 Å². The van der Waals surface area contributed by atoms with Crippen molar-refractivity contribution in [1.29, 1.82) is 0 Å². The molecule has 7 heteroatoms. The number of esters is 1. The van der Waals surface area contributed by atoms with E-state index in [2.05, 4.69) is 34.6 Å². The Kier molecular flexibility index (Phi) is 9.56. The molecule has 1 aromatic rings. The average molecular weight is 338 g/mol. The van der Waals surface area contributed by atoms with Crippen LogP contribution in [0.25, 0.3) is 0 Å². The molecule has 0 aliphatic carbocycles. The summed E-state index contributed by atoms with van der Waals surface area (Å²) in [5.41, 5.74) is 1.01. The predicted octanol–water partition coefficient (Wildman–Crippen LogP) is 2.59. The number of carbonyl (C=O) groups excluding carboxylic acids is 1. The van der Waals surface area contributed by atoms with Gasteiger partial charge in [-0.15, -0.1) is 0 Å². The van der Waals surface area contributed by atoms with Gasteiger partial charge >= 0.3 is 5.97 Å². The maximum atomic E-state index is 11.3. The van der Waals surface area contributed by atoms with E-state index in [1.54, 1.807) is 14.0 Å². The topological polar surface area (TPSA) is 88.8 Å². The van der Waals surface area contributed by atoms with Crippen LogP contribution in [0.5, 0.6) is 0 Å². The van der Waals surface area contributed by atoms with E-state index in [0.29, 0.717) is 44.4 Å². The number of carbonyl (C=O) groups is 1. The highest BCUT2D eigenvalue weighted by Gasteiger charge is 2.13. The number of nitrogens with zero attached hydrogens (tertiary/aromatic N) is 2. The van der Waals surface area contributed by atoms with Crippen LogP contribution in [0.15, 0.2) is 15.6 Å². The largest absolute Gasteiger partial charge is 0.466 e. The van der Waals surface area contributed by atoms with Crippen molar-refractivity contribution in [3.05, 3.63) is 17.5 Å². The van der Waals surface area contributed by atoms with Crippen LogP contribution in [0.2, 0.25) is 0 Å². The van der Waals surface area contributed by atoms with Gasteiger partial charge in [-0.2, -0.15) is 0 Å². The maximum Gasteiger partial charge on any atom is 0.305 e. The summed E-state index contributed by atoms with van der Waals surface area (Å²) in [4.78, 5) is 15.4. The Bertz CT molecular complexity index is 510. The Balaban J connectivity index is 2.33. The summed E-state index contributed by atoms with van der Waals surface area (Å²) in [6, 6.07) is 2.00. The summed E-state index contributed by atoms with van der Waals surface area (Å²) in [6.07, 6.45) is 3.21. The number of ether oxygens (including phenoxy) is 1.